The number of rotatable bonds is 4. The SMILES string of the molecule is Cc1ccsc1CNC1CC(=O)N(C2CCCC2)C1=O. The summed E-state index contributed by atoms with van der Waals surface area (Å²) in [4.78, 5) is 27.2. The molecule has 1 saturated carbocycles. The van der Waals surface area contributed by atoms with E-state index in [1.54, 1.807) is 11.3 Å². The van der Waals surface area contributed by atoms with Crippen LogP contribution in [0.5, 0.6) is 0 Å². The van der Waals surface area contributed by atoms with Gasteiger partial charge in [0, 0.05) is 17.5 Å². The molecule has 2 heterocycles. The van der Waals surface area contributed by atoms with Crippen molar-refractivity contribution < 1.29 is 9.59 Å². The summed E-state index contributed by atoms with van der Waals surface area (Å²) in [6, 6.07) is 1.91. The van der Waals surface area contributed by atoms with E-state index >= 15 is 0 Å². The van der Waals surface area contributed by atoms with Crippen molar-refractivity contribution in [1.82, 2.24) is 10.2 Å². The van der Waals surface area contributed by atoms with Crippen LogP contribution in [-0.4, -0.2) is 28.8 Å². The highest BCUT2D eigenvalue weighted by atomic mass is 32.1. The van der Waals surface area contributed by atoms with Gasteiger partial charge >= 0.3 is 0 Å². The average Bonchev–Trinajstić information content (AvgIpc) is 3.10. The summed E-state index contributed by atoms with van der Waals surface area (Å²) in [6.07, 6.45) is 4.55. The van der Waals surface area contributed by atoms with Gasteiger partial charge in [0.2, 0.25) is 11.8 Å². The number of nitrogens with one attached hydrogen (secondary N) is 1. The van der Waals surface area contributed by atoms with Crippen LogP contribution in [0.15, 0.2) is 11.4 Å². The number of nitrogens with zero attached hydrogens (tertiary/aromatic N) is 1. The van der Waals surface area contributed by atoms with Gasteiger partial charge in [-0.1, -0.05) is 12.8 Å². The van der Waals surface area contributed by atoms with E-state index in [4.69, 9.17) is 0 Å². The van der Waals surface area contributed by atoms with E-state index in [-0.39, 0.29) is 23.9 Å². The topological polar surface area (TPSA) is 49.4 Å². The minimum Gasteiger partial charge on any atom is -0.300 e. The molecule has 1 aliphatic heterocycles. The van der Waals surface area contributed by atoms with Crippen LogP contribution in [0.3, 0.4) is 0 Å². The van der Waals surface area contributed by atoms with E-state index in [9.17, 15) is 9.59 Å². The Morgan fingerprint density at radius 2 is 2.10 bits per heavy atom. The molecule has 0 bridgehead atoms. The summed E-state index contributed by atoms with van der Waals surface area (Å²) in [5, 5.41) is 5.31. The largest absolute Gasteiger partial charge is 0.300 e. The molecule has 2 fully saturated rings. The molecule has 2 aliphatic rings. The lowest BCUT2D eigenvalue weighted by Crippen LogP contribution is -2.42. The fourth-order valence-electron chi connectivity index (χ4n) is 3.16. The summed E-state index contributed by atoms with van der Waals surface area (Å²) < 4.78 is 0. The highest BCUT2D eigenvalue weighted by Gasteiger charge is 2.42. The molecule has 1 atom stereocenters. The predicted molar refractivity (Wildman–Crippen MR) is 78.4 cm³/mol. The second-order valence-corrected chi connectivity index (χ2v) is 6.71. The number of aryl methyl sites for hydroxylation is 1. The second-order valence-electron chi connectivity index (χ2n) is 5.70. The summed E-state index contributed by atoms with van der Waals surface area (Å²) in [6.45, 7) is 2.74. The molecule has 108 valence electrons. The highest BCUT2D eigenvalue weighted by Crippen LogP contribution is 2.28. The molecule has 1 aromatic heterocycles. The maximum absolute atomic E-state index is 12.4. The maximum atomic E-state index is 12.4. The lowest BCUT2D eigenvalue weighted by Gasteiger charge is -2.22. The molecule has 1 N–H and O–H groups in total. The molecule has 1 saturated heterocycles. The van der Waals surface area contributed by atoms with Crippen molar-refractivity contribution in [1.29, 1.82) is 0 Å². The molecule has 1 aliphatic carbocycles. The zero-order valence-corrected chi connectivity index (χ0v) is 12.5. The number of carbonyl (C=O) groups excluding carboxylic acids is 2. The number of carbonyl (C=O) groups is 2. The molecule has 3 rings (SSSR count). The standard InChI is InChI=1S/C15H20N2O2S/c1-10-6-7-20-13(10)9-16-12-8-14(18)17(15(12)19)11-4-2-3-5-11/h6-7,11-12,16H,2-5,8-9H2,1H3. The van der Waals surface area contributed by atoms with Crippen molar-refractivity contribution in [2.24, 2.45) is 0 Å². The quantitative estimate of drug-likeness (QED) is 0.866. The van der Waals surface area contributed by atoms with Crippen LogP contribution < -0.4 is 5.32 Å². The van der Waals surface area contributed by atoms with Crippen LogP contribution >= 0.6 is 11.3 Å². The first-order valence-corrected chi connectivity index (χ1v) is 8.17. The zero-order valence-electron chi connectivity index (χ0n) is 11.7. The second kappa shape index (κ2) is 5.66. The Morgan fingerprint density at radius 3 is 2.75 bits per heavy atom. The summed E-state index contributed by atoms with van der Waals surface area (Å²) in [5.41, 5.74) is 1.24. The number of amides is 2. The van der Waals surface area contributed by atoms with E-state index in [0.29, 0.717) is 13.0 Å². The average molecular weight is 292 g/mol. The van der Waals surface area contributed by atoms with Gasteiger partial charge in [-0.3, -0.25) is 14.5 Å². The van der Waals surface area contributed by atoms with Crippen molar-refractivity contribution in [3.63, 3.8) is 0 Å². The third-order valence-corrected chi connectivity index (χ3v) is 5.37. The Hall–Kier alpha value is -1.20. The Kier molecular flexibility index (Phi) is 3.89. The van der Waals surface area contributed by atoms with Crippen molar-refractivity contribution in [3.8, 4) is 0 Å². The van der Waals surface area contributed by atoms with Gasteiger partial charge in [0.1, 0.15) is 0 Å². The van der Waals surface area contributed by atoms with E-state index in [0.717, 1.165) is 25.7 Å². The van der Waals surface area contributed by atoms with Crippen LogP contribution in [0.1, 0.15) is 42.5 Å². The summed E-state index contributed by atoms with van der Waals surface area (Å²) >= 11 is 1.69. The van der Waals surface area contributed by atoms with Gasteiger partial charge in [0.15, 0.2) is 0 Å². The molecule has 1 aromatic rings. The molecule has 4 nitrogen and oxygen atoms in total. The molecule has 0 radical (unpaired) electrons. The number of hydrogen-bond donors (Lipinski definition) is 1. The molecule has 0 spiro atoms. The molecule has 0 aromatic carbocycles. The van der Waals surface area contributed by atoms with Crippen LogP contribution in [0.4, 0.5) is 0 Å². The van der Waals surface area contributed by atoms with Gasteiger partial charge in [-0.2, -0.15) is 0 Å². The lowest BCUT2D eigenvalue weighted by atomic mass is 10.2. The number of likely N-dealkylation sites (tertiary alicyclic amines) is 1. The van der Waals surface area contributed by atoms with Gasteiger partial charge in [-0.25, -0.2) is 0 Å². The van der Waals surface area contributed by atoms with Crippen LogP contribution in [-0.2, 0) is 16.1 Å². The van der Waals surface area contributed by atoms with E-state index in [1.165, 1.54) is 15.3 Å². The smallest absolute Gasteiger partial charge is 0.247 e. The first-order valence-electron chi connectivity index (χ1n) is 7.29. The Morgan fingerprint density at radius 1 is 1.35 bits per heavy atom. The summed E-state index contributed by atoms with van der Waals surface area (Å²) in [7, 11) is 0. The van der Waals surface area contributed by atoms with E-state index in [2.05, 4.69) is 23.7 Å². The fraction of sp³-hybridized carbons (Fsp3) is 0.600. The lowest BCUT2D eigenvalue weighted by molar-refractivity contribution is -0.141. The summed E-state index contributed by atoms with van der Waals surface area (Å²) in [5.74, 6) is -0.0154. The van der Waals surface area contributed by atoms with Crippen molar-refractivity contribution >= 4 is 23.2 Å². The molecule has 1 unspecified atom stereocenters. The van der Waals surface area contributed by atoms with Gasteiger partial charge in [0.05, 0.1) is 12.5 Å². The van der Waals surface area contributed by atoms with Crippen molar-refractivity contribution in [2.75, 3.05) is 0 Å². The van der Waals surface area contributed by atoms with Gasteiger partial charge < -0.3 is 5.32 Å². The molecular formula is C15H20N2O2S. The number of hydrogen-bond acceptors (Lipinski definition) is 4. The van der Waals surface area contributed by atoms with E-state index in [1.807, 2.05) is 0 Å². The van der Waals surface area contributed by atoms with Crippen LogP contribution in [0.25, 0.3) is 0 Å². The van der Waals surface area contributed by atoms with Crippen molar-refractivity contribution in [2.45, 2.75) is 57.7 Å². The minimum absolute atomic E-state index is 0.00213. The zero-order chi connectivity index (χ0) is 14.1. The number of thiophene rings is 1. The maximum Gasteiger partial charge on any atom is 0.247 e. The first kappa shape index (κ1) is 13.8. The van der Waals surface area contributed by atoms with Gasteiger partial charge in [0.25, 0.3) is 0 Å². The fourth-order valence-corrected chi connectivity index (χ4v) is 4.01. The van der Waals surface area contributed by atoms with Crippen molar-refractivity contribution in [3.05, 3.63) is 21.9 Å². The van der Waals surface area contributed by atoms with Gasteiger partial charge in [-0.05, 0) is 36.8 Å². The highest BCUT2D eigenvalue weighted by molar-refractivity contribution is 7.10. The third kappa shape index (κ3) is 2.52. The molecular weight excluding hydrogens is 272 g/mol. The molecule has 5 heteroatoms. The Labute approximate surface area is 123 Å². The molecule has 20 heavy (non-hydrogen) atoms. The Bertz CT molecular complexity index is 520. The predicted octanol–water partition coefficient (Wildman–Crippen LogP) is 2.22. The van der Waals surface area contributed by atoms with Crippen LogP contribution in [0.2, 0.25) is 0 Å². The number of imide groups is 1. The minimum atomic E-state index is -0.329. The monoisotopic (exact) mass is 292 g/mol. The Balaban J connectivity index is 1.62. The van der Waals surface area contributed by atoms with Crippen LogP contribution in [0, 0.1) is 6.92 Å². The van der Waals surface area contributed by atoms with E-state index < -0.39 is 0 Å². The third-order valence-electron chi connectivity index (χ3n) is 4.35. The molecule has 2 amide bonds. The van der Waals surface area contributed by atoms with Gasteiger partial charge in [-0.15, -0.1) is 11.3 Å². The first-order chi connectivity index (χ1) is 9.66. The normalized spacial score (nSPS) is 24.1.